The van der Waals surface area contributed by atoms with Crippen LogP contribution in [0, 0.1) is 10.1 Å². The van der Waals surface area contributed by atoms with Crippen molar-refractivity contribution in [2.75, 3.05) is 0 Å². The van der Waals surface area contributed by atoms with E-state index in [0.717, 1.165) is 19.3 Å². The summed E-state index contributed by atoms with van der Waals surface area (Å²) in [4.78, 5) is 33.7. The highest BCUT2D eigenvalue weighted by atomic mass is 32.1. The zero-order valence-corrected chi connectivity index (χ0v) is 13.4. The monoisotopic (exact) mass is 338 g/mol. The Morgan fingerprint density at radius 2 is 1.91 bits per heavy atom. The Labute approximate surface area is 138 Å². The molecule has 1 aromatic carbocycles. The lowest BCUT2D eigenvalue weighted by Gasteiger charge is -2.10. The van der Waals surface area contributed by atoms with Gasteiger partial charge in [0.05, 0.1) is 4.92 Å². The number of nitrogens with zero attached hydrogens (tertiary/aromatic N) is 1. The topological polar surface area (TPSA) is 113 Å². The molecular formula is C14H18N4O4S. The van der Waals surface area contributed by atoms with E-state index >= 15 is 0 Å². The Hall–Kier alpha value is -2.55. The Balaban J connectivity index is 2.49. The number of carbonyl (C=O) groups excluding carboxylic acids is 2. The standard InChI is InChI=1S/C14H18N4O4S/c1-2-3-4-9-12(19)15-14(23)17-16-13(20)10-7-5-6-8-11(10)18(21)22/h5-8H,2-4,9H2,1H3,(H,16,20)(H2,15,17,19,23). The lowest BCUT2D eigenvalue weighted by Crippen LogP contribution is -2.48. The Bertz CT molecular complexity index is 606. The van der Waals surface area contributed by atoms with E-state index < -0.39 is 10.8 Å². The minimum atomic E-state index is -0.722. The molecule has 2 amide bonds. The molecule has 0 heterocycles. The number of carbonyl (C=O) groups is 2. The molecule has 0 unspecified atom stereocenters. The molecule has 0 spiro atoms. The highest BCUT2D eigenvalue weighted by Crippen LogP contribution is 2.16. The van der Waals surface area contributed by atoms with Gasteiger partial charge in [0.15, 0.2) is 5.11 Å². The van der Waals surface area contributed by atoms with E-state index in [2.05, 4.69) is 16.2 Å². The van der Waals surface area contributed by atoms with Crippen molar-refractivity contribution >= 4 is 34.8 Å². The van der Waals surface area contributed by atoms with E-state index in [1.54, 1.807) is 0 Å². The number of rotatable bonds is 6. The summed E-state index contributed by atoms with van der Waals surface area (Å²) in [5, 5.41) is 13.2. The largest absolute Gasteiger partial charge is 0.302 e. The van der Waals surface area contributed by atoms with Gasteiger partial charge >= 0.3 is 0 Å². The molecule has 0 aliphatic rings. The van der Waals surface area contributed by atoms with Crippen LogP contribution in [0.5, 0.6) is 0 Å². The maximum Gasteiger partial charge on any atom is 0.282 e. The molecule has 124 valence electrons. The molecule has 0 atom stereocenters. The zero-order valence-electron chi connectivity index (χ0n) is 12.6. The fraction of sp³-hybridized carbons (Fsp3) is 0.357. The van der Waals surface area contributed by atoms with Crippen LogP contribution in [0.25, 0.3) is 0 Å². The molecule has 1 rings (SSSR count). The first-order valence-corrected chi connectivity index (χ1v) is 7.50. The molecule has 0 aliphatic carbocycles. The van der Waals surface area contributed by atoms with E-state index in [1.807, 2.05) is 6.92 Å². The molecule has 3 N–H and O–H groups in total. The summed E-state index contributed by atoms with van der Waals surface area (Å²) in [6.07, 6.45) is 3.05. The first-order chi connectivity index (χ1) is 11.0. The molecule has 23 heavy (non-hydrogen) atoms. The molecule has 8 nitrogen and oxygen atoms in total. The maximum absolute atomic E-state index is 11.9. The van der Waals surface area contributed by atoms with Gasteiger partial charge in [-0.1, -0.05) is 31.9 Å². The van der Waals surface area contributed by atoms with Crippen molar-refractivity contribution < 1.29 is 14.5 Å². The average molecular weight is 338 g/mol. The van der Waals surface area contributed by atoms with Crippen LogP contribution in [-0.2, 0) is 4.79 Å². The summed E-state index contributed by atoms with van der Waals surface area (Å²) >= 11 is 4.87. The average Bonchev–Trinajstić information content (AvgIpc) is 2.52. The second kappa shape index (κ2) is 9.46. The van der Waals surface area contributed by atoms with E-state index in [4.69, 9.17) is 12.2 Å². The molecule has 0 saturated heterocycles. The Kier molecular flexibility index (Phi) is 7.61. The SMILES string of the molecule is CCCCCC(=O)NC(=S)NNC(=O)c1ccccc1[N+](=O)[O-]. The third-order valence-electron chi connectivity index (χ3n) is 2.90. The van der Waals surface area contributed by atoms with Crippen molar-refractivity contribution in [1.29, 1.82) is 0 Å². The Morgan fingerprint density at radius 3 is 2.57 bits per heavy atom. The van der Waals surface area contributed by atoms with Crippen LogP contribution >= 0.6 is 12.2 Å². The number of nitro benzene ring substituents is 1. The van der Waals surface area contributed by atoms with Gasteiger partial charge < -0.3 is 5.32 Å². The maximum atomic E-state index is 11.9. The third-order valence-corrected chi connectivity index (χ3v) is 3.10. The predicted molar refractivity (Wildman–Crippen MR) is 88.6 cm³/mol. The van der Waals surface area contributed by atoms with E-state index in [-0.39, 0.29) is 22.3 Å². The number of benzene rings is 1. The highest BCUT2D eigenvalue weighted by molar-refractivity contribution is 7.80. The molecule has 0 aromatic heterocycles. The van der Waals surface area contributed by atoms with Crippen molar-refractivity contribution in [2.45, 2.75) is 32.6 Å². The van der Waals surface area contributed by atoms with Crippen molar-refractivity contribution in [1.82, 2.24) is 16.2 Å². The van der Waals surface area contributed by atoms with Gasteiger partial charge in [0.2, 0.25) is 5.91 Å². The summed E-state index contributed by atoms with van der Waals surface area (Å²) in [6, 6.07) is 5.52. The summed E-state index contributed by atoms with van der Waals surface area (Å²) < 4.78 is 0. The normalized spacial score (nSPS) is 9.78. The number of hydrogen-bond donors (Lipinski definition) is 3. The predicted octanol–water partition coefficient (Wildman–Crippen LogP) is 1.81. The van der Waals surface area contributed by atoms with Gasteiger partial charge in [-0.2, -0.15) is 0 Å². The van der Waals surface area contributed by atoms with E-state index in [1.165, 1.54) is 24.3 Å². The number of hydrogen-bond acceptors (Lipinski definition) is 5. The minimum Gasteiger partial charge on any atom is -0.302 e. The molecule has 0 aliphatic heterocycles. The Morgan fingerprint density at radius 1 is 1.22 bits per heavy atom. The molecular weight excluding hydrogens is 320 g/mol. The summed E-state index contributed by atoms with van der Waals surface area (Å²) in [5.74, 6) is -0.976. The van der Waals surface area contributed by atoms with E-state index in [9.17, 15) is 19.7 Å². The molecule has 0 saturated carbocycles. The molecule has 0 bridgehead atoms. The van der Waals surface area contributed by atoms with Crippen LogP contribution in [0.3, 0.4) is 0 Å². The van der Waals surface area contributed by atoms with Crippen molar-refractivity contribution in [3.05, 3.63) is 39.9 Å². The summed E-state index contributed by atoms with van der Waals surface area (Å²) in [5.41, 5.74) is 4.14. The lowest BCUT2D eigenvalue weighted by molar-refractivity contribution is -0.385. The van der Waals surface area contributed by atoms with Crippen LogP contribution in [0.2, 0.25) is 0 Å². The smallest absolute Gasteiger partial charge is 0.282 e. The fourth-order valence-corrected chi connectivity index (χ4v) is 1.93. The summed E-state index contributed by atoms with van der Waals surface area (Å²) in [7, 11) is 0. The van der Waals surface area contributed by atoms with Crippen LogP contribution < -0.4 is 16.2 Å². The van der Waals surface area contributed by atoms with Gasteiger partial charge in [-0.05, 0) is 24.7 Å². The van der Waals surface area contributed by atoms with Gasteiger partial charge in [-0.15, -0.1) is 0 Å². The quantitative estimate of drug-likeness (QED) is 0.315. The lowest BCUT2D eigenvalue weighted by atomic mass is 10.2. The van der Waals surface area contributed by atoms with Gasteiger partial charge in [0, 0.05) is 12.5 Å². The molecule has 9 heteroatoms. The molecule has 1 aromatic rings. The highest BCUT2D eigenvalue weighted by Gasteiger charge is 2.19. The first-order valence-electron chi connectivity index (χ1n) is 7.09. The number of unbranched alkanes of at least 4 members (excludes halogenated alkanes) is 2. The van der Waals surface area contributed by atoms with Crippen molar-refractivity contribution in [3.8, 4) is 0 Å². The van der Waals surface area contributed by atoms with Gasteiger partial charge in [-0.25, -0.2) is 0 Å². The number of para-hydroxylation sites is 1. The molecule has 0 radical (unpaired) electrons. The second-order valence-electron chi connectivity index (χ2n) is 4.69. The number of hydrazine groups is 1. The van der Waals surface area contributed by atoms with Crippen LogP contribution in [0.15, 0.2) is 24.3 Å². The summed E-state index contributed by atoms with van der Waals surface area (Å²) in [6.45, 7) is 2.03. The molecule has 0 fully saturated rings. The van der Waals surface area contributed by atoms with E-state index in [0.29, 0.717) is 6.42 Å². The third kappa shape index (κ3) is 6.39. The van der Waals surface area contributed by atoms with Gasteiger partial charge in [0.1, 0.15) is 5.56 Å². The zero-order chi connectivity index (χ0) is 17.2. The first kappa shape index (κ1) is 18.5. The number of nitro groups is 1. The van der Waals surface area contributed by atoms with Gasteiger partial charge in [-0.3, -0.25) is 30.6 Å². The number of nitrogens with one attached hydrogen (secondary N) is 3. The van der Waals surface area contributed by atoms with Crippen molar-refractivity contribution in [3.63, 3.8) is 0 Å². The van der Waals surface area contributed by atoms with Crippen molar-refractivity contribution in [2.24, 2.45) is 0 Å². The van der Waals surface area contributed by atoms with Gasteiger partial charge in [0.25, 0.3) is 11.6 Å². The minimum absolute atomic E-state index is 0.0709. The van der Waals surface area contributed by atoms with Crippen LogP contribution in [-0.4, -0.2) is 21.9 Å². The van der Waals surface area contributed by atoms with Crippen LogP contribution in [0.4, 0.5) is 5.69 Å². The fourth-order valence-electron chi connectivity index (χ4n) is 1.76. The van der Waals surface area contributed by atoms with Crippen LogP contribution in [0.1, 0.15) is 43.0 Å². The number of amides is 2. The second-order valence-corrected chi connectivity index (χ2v) is 5.10. The number of thiocarbonyl (C=S) groups is 1.